The Morgan fingerprint density at radius 2 is 2.50 bits per heavy atom. The lowest BCUT2D eigenvalue weighted by molar-refractivity contribution is -0.127. The summed E-state index contributed by atoms with van der Waals surface area (Å²) in [6.45, 7) is 2.00. The second kappa shape index (κ2) is 4.34. The van der Waals surface area contributed by atoms with E-state index in [0.29, 0.717) is 6.42 Å². The summed E-state index contributed by atoms with van der Waals surface area (Å²) in [5.41, 5.74) is 6.69. The van der Waals surface area contributed by atoms with E-state index in [0.717, 1.165) is 24.8 Å². The first kappa shape index (κ1) is 11.3. The highest BCUT2D eigenvalue weighted by atomic mass is 16.1. The van der Waals surface area contributed by atoms with Gasteiger partial charge in [-0.25, -0.2) is 0 Å². The zero-order valence-electron chi connectivity index (χ0n) is 9.65. The molecule has 16 heavy (non-hydrogen) atoms. The monoisotopic (exact) mass is 218 g/mol. The van der Waals surface area contributed by atoms with Gasteiger partial charge in [-0.3, -0.25) is 9.78 Å². The predicted molar refractivity (Wildman–Crippen MR) is 62.9 cm³/mol. The van der Waals surface area contributed by atoms with Crippen molar-refractivity contribution in [3.63, 3.8) is 0 Å². The number of aromatic nitrogens is 1. The SMILES string of the molecule is CC1(C(=O)Cc2cccnc2)CCCC1N. The molecule has 1 fully saturated rings. The quantitative estimate of drug-likeness (QED) is 0.840. The molecule has 1 aromatic rings. The fourth-order valence-electron chi connectivity index (χ4n) is 2.43. The van der Waals surface area contributed by atoms with Crippen LogP contribution in [0.4, 0.5) is 0 Å². The molecule has 0 spiro atoms. The molecule has 1 heterocycles. The molecule has 1 aliphatic rings. The number of nitrogens with zero attached hydrogens (tertiary/aromatic N) is 1. The fraction of sp³-hybridized carbons (Fsp3) is 0.538. The van der Waals surface area contributed by atoms with Crippen molar-refractivity contribution < 1.29 is 4.79 Å². The molecule has 0 saturated heterocycles. The minimum absolute atomic E-state index is 0.0247. The number of carbonyl (C=O) groups is 1. The van der Waals surface area contributed by atoms with Gasteiger partial charge in [0.1, 0.15) is 5.78 Å². The Morgan fingerprint density at radius 3 is 3.06 bits per heavy atom. The van der Waals surface area contributed by atoms with E-state index >= 15 is 0 Å². The van der Waals surface area contributed by atoms with Crippen LogP contribution in [0.15, 0.2) is 24.5 Å². The average Bonchev–Trinajstić information content (AvgIpc) is 2.62. The van der Waals surface area contributed by atoms with E-state index in [-0.39, 0.29) is 17.2 Å². The van der Waals surface area contributed by atoms with Crippen LogP contribution in [0.25, 0.3) is 0 Å². The molecule has 1 aliphatic carbocycles. The highest BCUT2D eigenvalue weighted by Gasteiger charge is 2.42. The third-order valence-electron chi connectivity index (χ3n) is 3.75. The van der Waals surface area contributed by atoms with Crippen LogP contribution in [0.5, 0.6) is 0 Å². The van der Waals surface area contributed by atoms with E-state index in [1.165, 1.54) is 0 Å². The van der Waals surface area contributed by atoms with Crippen molar-refractivity contribution in [2.24, 2.45) is 11.1 Å². The Morgan fingerprint density at radius 1 is 1.69 bits per heavy atom. The highest BCUT2D eigenvalue weighted by Crippen LogP contribution is 2.38. The topological polar surface area (TPSA) is 56.0 Å². The number of hydrogen-bond acceptors (Lipinski definition) is 3. The van der Waals surface area contributed by atoms with Gasteiger partial charge in [0.2, 0.25) is 0 Å². The number of pyridine rings is 1. The maximum absolute atomic E-state index is 12.2. The Bertz CT molecular complexity index is 377. The van der Waals surface area contributed by atoms with Crippen LogP contribution in [0.1, 0.15) is 31.7 Å². The summed E-state index contributed by atoms with van der Waals surface area (Å²) in [7, 11) is 0. The summed E-state index contributed by atoms with van der Waals surface area (Å²) in [5.74, 6) is 0.255. The molecule has 86 valence electrons. The van der Waals surface area contributed by atoms with Crippen molar-refractivity contribution in [1.82, 2.24) is 4.98 Å². The highest BCUT2D eigenvalue weighted by molar-refractivity contribution is 5.87. The summed E-state index contributed by atoms with van der Waals surface area (Å²) >= 11 is 0. The van der Waals surface area contributed by atoms with Crippen LogP contribution in [0.2, 0.25) is 0 Å². The Balaban J connectivity index is 2.09. The molecule has 3 nitrogen and oxygen atoms in total. The molecule has 0 amide bonds. The van der Waals surface area contributed by atoms with Gasteiger partial charge in [-0.15, -0.1) is 0 Å². The van der Waals surface area contributed by atoms with Gasteiger partial charge in [0.15, 0.2) is 0 Å². The molecule has 0 aliphatic heterocycles. The summed E-state index contributed by atoms with van der Waals surface area (Å²) in [6.07, 6.45) is 6.88. The molecule has 2 rings (SSSR count). The largest absolute Gasteiger partial charge is 0.327 e. The van der Waals surface area contributed by atoms with Gasteiger partial charge in [0.25, 0.3) is 0 Å². The normalized spacial score (nSPS) is 29.2. The Labute approximate surface area is 96.1 Å². The zero-order valence-corrected chi connectivity index (χ0v) is 9.65. The smallest absolute Gasteiger partial charge is 0.144 e. The molecular weight excluding hydrogens is 200 g/mol. The van der Waals surface area contributed by atoms with Crippen molar-refractivity contribution in [3.05, 3.63) is 30.1 Å². The predicted octanol–water partition coefficient (Wildman–Crippen LogP) is 1.71. The fourth-order valence-corrected chi connectivity index (χ4v) is 2.43. The van der Waals surface area contributed by atoms with Gasteiger partial charge < -0.3 is 5.73 Å². The maximum atomic E-state index is 12.2. The molecule has 2 atom stereocenters. The molecule has 2 unspecified atom stereocenters. The molecule has 1 aromatic heterocycles. The zero-order chi connectivity index (χ0) is 11.6. The lowest BCUT2D eigenvalue weighted by Gasteiger charge is -2.27. The second-order valence-corrected chi connectivity index (χ2v) is 4.88. The molecule has 0 bridgehead atoms. The summed E-state index contributed by atoms with van der Waals surface area (Å²) in [5, 5.41) is 0. The number of ketones is 1. The molecule has 1 saturated carbocycles. The van der Waals surface area contributed by atoms with E-state index in [4.69, 9.17) is 5.73 Å². The first-order valence-corrected chi connectivity index (χ1v) is 5.81. The number of rotatable bonds is 3. The number of hydrogen-bond donors (Lipinski definition) is 1. The number of carbonyl (C=O) groups excluding carboxylic acids is 1. The van der Waals surface area contributed by atoms with Crippen LogP contribution in [-0.4, -0.2) is 16.8 Å². The van der Waals surface area contributed by atoms with Crippen LogP contribution in [-0.2, 0) is 11.2 Å². The summed E-state index contributed by atoms with van der Waals surface area (Å²) < 4.78 is 0. The van der Waals surface area contributed by atoms with Gasteiger partial charge in [-0.2, -0.15) is 0 Å². The molecule has 0 aromatic carbocycles. The minimum Gasteiger partial charge on any atom is -0.327 e. The van der Waals surface area contributed by atoms with E-state index in [2.05, 4.69) is 4.98 Å². The molecular formula is C13H18N2O. The maximum Gasteiger partial charge on any atom is 0.144 e. The van der Waals surface area contributed by atoms with Crippen molar-refractivity contribution in [1.29, 1.82) is 0 Å². The van der Waals surface area contributed by atoms with Crippen molar-refractivity contribution in [2.45, 2.75) is 38.6 Å². The summed E-state index contributed by atoms with van der Waals surface area (Å²) in [4.78, 5) is 16.3. The first-order valence-electron chi connectivity index (χ1n) is 5.81. The molecule has 0 radical (unpaired) electrons. The van der Waals surface area contributed by atoms with E-state index in [1.54, 1.807) is 12.4 Å². The van der Waals surface area contributed by atoms with Gasteiger partial charge in [0.05, 0.1) is 0 Å². The van der Waals surface area contributed by atoms with E-state index < -0.39 is 0 Å². The average molecular weight is 218 g/mol. The first-order chi connectivity index (χ1) is 7.63. The van der Waals surface area contributed by atoms with Gasteiger partial charge >= 0.3 is 0 Å². The Hall–Kier alpha value is -1.22. The third-order valence-corrected chi connectivity index (χ3v) is 3.75. The number of nitrogens with two attached hydrogens (primary N) is 1. The van der Waals surface area contributed by atoms with Crippen LogP contribution >= 0.6 is 0 Å². The minimum atomic E-state index is -0.324. The second-order valence-electron chi connectivity index (χ2n) is 4.88. The summed E-state index contributed by atoms with van der Waals surface area (Å²) in [6, 6.07) is 3.82. The van der Waals surface area contributed by atoms with Crippen molar-refractivity contribution in [3.8, 4) is 0 Å². The lowest BCUT2D eigenvalue weighted by Crippen LogP contribution is -2.41. The standard InChI is InChI=1S/C13H18N2O/c1-13(6-2-5-11(13)14)12(16)8-10-4-3-7-15-9-10/h3-4,7,9,11H,2,5-6,8,14H2,1H3. The van der Waals surface area contributed by atoms with Crippen molar-refractivity contribution >= 4 is 5.78 Å². The lowest BCUT2D eigenvalue weighted by atomic mass is 9.78. The van der Waals surface area contributed by atoms with Crippen LogP contribution in [0, 0.1) is 5.41 Å². The van der Waals surface area contributed by atoms with Crippen molar-refractivity contribution in [2.75, 3.05) is 0 Å². The van der Waals surface area contributed by atoms with Crippen LogP contribution < -0.4 is 5.73 Å². The van der Waals surface area contributed by atoms with E-state index in [9.17, 15) is 4.79 Å². The van der Waals surface area contributed by atoms with Gasteiger partial charge in [0, 0.05) is 30.3 Å². The molecule has 2 N–H and O–H groups in total. The number of Topliss-reactive ketones (excluding diaryl/α,β-unsaturated/α-hetero) is 1. The molecule has 3 heteroatoms. The van der Waals surface area contributed by atoms with Crippen LogP contribution in [0.3, 0.4) is 0 Å². The van der Waals surface area contributed by atoms with E-state index in [1.807, 2.05) is 19.1 Å². The Kier molecular flexibility index (Phi) is 3.06. The van der Waals surface area contributed by atoms with Gasteiger partial charge in [-0.1, -0.05) is 19.4 Å². The third kappa shape index (κ3) is 2.00. The van der Waals surface area contributed by atoms with Gasteiger partial charge in [-0.05, 0) is 24.5 Å².